The van der Waals surface area contributed by atoms with Gasteiger partial charge in [-0.2, -0.15) is 0 Å². The highest BCUT2D eigenvalue weighted by Gasteiger charge is 2.22. The number of nitrogens with two attached hydrogens (primary N) is 1. The van der Waals surface area contributed by atoms with Crippen molar-refractivity contribution < 1.29 is 4.74 Å². The molecule has 0 aromatic rings. The largest absolute Gasteiger partial charge is 0.388 e. The molecule has 0 radical (unpaired) electrons. The van der Waals surface area contributed by atoms with Gasteiger partial charge in [0.05, 0.1) is 18.5 Å². The highest BCUT2D eigenvalue weighted by molar-refractivity contribution is 5.76. The van der Waals surface area contributed by atoms with Gasteiger partial charge in [0.2, 0.25) is 0 Å². The van der Waals surface area contributed by atoms with Gasteiger partial charge in [-0.05, 0) is 13.8 Å². The van der Waals surface area contributed by atoms with E-state index in [0.717, 1.165) is 19.7 Å². The maximum absolute atomic E-state index is 7.15. The fraction of sp³-hybridized carbons (Fsp3) is 0.889. The number of rotatable bonds is 3. The summed E-state index contributed by atoms with van der Waals surface area (Å²) in [5.41, 5.74) is 5.32. The van der Waals surface area contributed by atoms with Gasteiger partial charge >= 0.3 is 0 Å². The Labute approximate surface area is 79.6 Å². The Hall–Kier alpha value is -0.610. The fourth-order valence-corrected chi connectivity index (χ4v) is 1.55. The zero-order valence-electron chi connectivity index (χ0n) is 8.42. The average Bonchev–Trinajstić information content (AvgIpc) is 2.06. The summed E-state index contributed by atoms with van der Waals surface area (Å²) in [5.74, 6) is 0.270. The Morgan fingerprint density at radius 3 is 2.92 bits per heavy atom. The Kier molecular flexibility index (Phi) is 3.69. The highest BCUT2D eigenvalue weighted by Crippen LogP contribution is 2.11. The molecule has 2 atom stereocenters. The molecule has 4 heteroatoms. The lowest BCUT2D eigenvalue weighted by molar-refractivity contribution is -0.0482. The summed E-state index contributed by atoms with van der Waals surface area (Å²) < 4.78 is 5.50. The molecule has 4 nitrogen and oxygen atoms in total. The topological polar surface area (TPSA) is 62.3 Å². The summed E-state index contributed by atoms with van der Waals surface area (Å²) in [7, 11) is 0. The number of morpholine rings is 1. The van der Waals surface area contributed by atoms with Gasteiger partial charge < -0.3 is 10.5 Å². The highest BCUT2D eigenvalue weighted by atomic mass is 16.5. The molecule has 1 aliphatic heterocycles. The molecule has 0 bridgehead atoms. The molecule has 0 aliphatic carbocycles. The van der Waals surface area contributed by atoms with E-state index in [4.69, 9.17) is 15.9 Å². The van der Waals surface area contributed by atoms with Crippen molar-refractivity contribution in [1.82, 2.24) is 4.90 Å². The molecule has 1 rings (SSSR count). The van der Waals surface area contributed by atoms with Gasteiger partial charge in [0.15, 0.2) is 0 Å². The van der Waals surface area contributed by atoms with Crippen LogP contribution in [0.5, 0.6) is 0 Å². The molecule has 0 amide bonds. The van der Waals surface area contributed by atoms with Crippen LogP contribution in [0.25, 0.3) is 0 Å². The second-order valence-corrected chi connectivity index (χ2v) is 3.76. The first-order valence-corrected chi connectivity index (χ1v) is 4.78. The zero-order chi connectivity index (χ0) is 9.84. The summed E-state index contributed by atoms with van der Waals surface area (Å²) in [6.07, 6.45) is 0.972. The minimum absolute atomic E-state index is 0.270. The summed E-state index contributed by atoms with van der Waals surface area (Å²) in [5, 5.41) is 7.15. The Morgan fingerprint density at radius 2 is 2.31 bits per heavy atom. The van der Waals surface area contributed by atoms with Crippen LogP contribution in [0.1, 0.15) is 20.3 Å². The second-order valence-electron chi connectivity index (χ2n) is 3.76. The van der Waals surface area contributed by atoms with Gasteiger partial charge in [0, 0.05) is 25.6 Å². The molecular weight excluding hydrogens is 166 g/mol. The van der Waals surface area contributed by atoms with Crippen molar-refractivity contribution in [2.45, 2.75) is 32.4 Å². The summed E-state index contributed by atoms with van der Waals surface area (Å²) >= 11 is 0. The average molecular weight is 185 g/mol. The fourth-order valence-electron chi connectivity index (χ4n) is 1.55. The monoisotopic (exact) mass is 185 g/mol. The van der Waals surface area contributed by atoms with E-state index in [1.165, 1.54) is 0 Å². The van der Waals surface area contributed by atoms with Crippen LogP contribution >= 0.6 is 0 Å². The number of amidine groups is 1. The van der Waals surface area contributed by atoms with Gasteiger partial charge in [-0.15, -0.1) is 0 Å². The van der Waals surface area contributed by atoms with Gasteiger partial charge in [0.25, 0.3) is 0 Å². The summed E-state index contributed by atoms with van der Waals surface area (Å²) in [6, 6.07) is 0.454. The molecule has 1 saturated heterocycles. The number of hydrogen-bond acceptors (Lipinski definition) is 3. The lowest BCUT2D eigenvalue weighted by atomic mass is 10.2. The van der Waals surface area contributed by atoms with E-state index in [1.807, 2.05) is 0 Å². The van der Waals surface area contributed by atoms with Crippen molar-refractivity contribution in [2.75, 3.05) is 19.7 Å². The van der Waals surface area contributed by atoms with Crippen LogP contribution in [0.3, 0.4) is 0 Å². The second kappa shape index (κ2) is 4.58. The molecule has 0 saturated carbocycles. The first kappa shape index (κ1) is 10.5. The van der Waals surface area contributed by atoms with Crippen LogP contribution in [0.2, 0.25) is 0 Å². The predicted molar refractivity (Wildman–Crippen MR) is 53.0 cm³/mol. The number of nitrogens with zero attached hydrogens (tertiary/aromatic N) is 1. The molecule has 1 fully saturated rings. The van der Waals surface area contributed by atoms with Crippen LogP contribution in [0.15, 0.2) is 0 Å². The van der Waals surface area contributed by atoms with Crippen molar-refractivity contribution in [3.63, 3.8) is 0 Å². The number of hydrogen-bond donors (Lipinski definition) is 2. The van der Waals surface area contributed by atoms with E-state index in [0.29, 0.717) is 18.6 Å². The van der Waals surface area contributed by atoms with E-state index in [2.05, 4.69) is 18.7 Å². The smallest absolute Gasteiger partial charge is 0.0918 e. The van der Waals surface area contributed by atoms with Crippen molar-refractivity contribution in [3.8, 4) is 0 Å². The van der Waals surface area contributed by atoms with E-state index in [1.54, 1.807) is 0 Å². The lowest BCUT2D eigenvalue weighted by Gasteiger charge is -2.36. The Bertz CT molecular complexity index is 184. The number of ether oxygens (including phenoxy) is 1. The maximum atomic E-state index is 7.15. The van der Waals surface area contributed by atoms with Crippen molar-refractivity contribution in [3.05, 3.63) is 0 Å². The first-order valence-electron chi connectivity index (χ1n) is 4.78. The minimum atomic E-state index is 0.270. The van der Waals surface area contributed by atoms with Crippen LogP contribution in [0, 0.1) is 5.41 Å². The molecular formula is C9H19N3O. The third-order valence-corrected chi connectivity index (χ3v) is 2.41. The van der Waals surface area contributed by atoms with E-state index >= 15 is 0 Å². The van der Waals surface area contributed by atoms with Crippen molar-refractivity contribution >= 4 is 5.84 Å². The quantitative estimate of drug-likeness (QED) is 0.495. The molecule has 1 heterocycles. The van der Waals surface area contributed by atoms with Crippen molar-refractivity contribution in [2.24, 2.45) is 5.73 Å². The van der Waals surface area contributed by atoms with Crippen LogP contribution < -0.4 is 5.73 Å². The van der Waals surface area contributed by atoms with E-state index in [-0.39, 0.29) is 5.84 Å². The Balaban J connectivity index is 2.33. The van der Waals surface area contributed by atoms with Gasteiger partial charge in [0.1, 0.15) is 0 Å². The molecule has 0 spiro atoms. The van der Waals surface area contributed by atoms with Gasteiger partial charge in [-0.3, -0.25) is 10.3 Å². The number of nitrogens with one attached hydrogen (secondary N) is 1. The van der Waals surface area contributed by atoms with E-state index in [9.17, 15) is 0 Å². The van der Waals surface area contributed by atoms with Gasteiger partial charge in [-0.1, -0.05) is 0 Å². The molecule has 3 N–H and O–H groups in total. The van der Waals surface area contributed by atoms with Crippen LogP contribution in [0.4, 0.5) is 0 Å². The maximum Gasteiger partial charge on any atom is 0.0918 e. The van der Waals surface area contributed by atoms with Crippen LogP contribution in [-0.2, 0) is 4.74 Å². The van der Waals surface area contributed by atoms with E-state index < -0.39 is 0 Å². The molecule has 0 aromatic carbocycles. The zero-order valence-corrected chi connectivity index (χ0v) is 8.42. The molecule has 76 valence electrons. The van der Waals surface area contributed by atoms with Crippen LogP contribution in [-0.4, -0.2) is 42.6 Å². The van der Waals surface area contributed by atoms with Gasteiger partial charge in [-0.25, -0.2) is 0 Å². The summed E-state index contributed by atoms with van der Waals surface area (Å²) in [4.78, 5) is 2.33. The minimum Gasteiger partial charge on any atom is -0.388 e. The normalized spacial score (nSPS) is 30.3. The standard InChI is InChI=1S/C9H19N3O/c1-7-6-13-8(2)5-12(7)4-3-9(10)11/h7-8H,3-6H2,1-2H3,(H3,10,11). The SMILES string of the molecule is CC1CN(CCC(=N)N)C(C)CO1. The van der Waals surface area contributed by atoms with Crippen molar-refractivity contribution in [1.29, 1.82) is 5.41 Å². The summed E-state index contributed by atoms with van der Waals surface area (Å²) in [6.45, 7) is 6.84. The molecule has 0 aromatic heterocycles. The third-order valence-electron chi connectivity index (χ3n) is 2.41. The molecule has 1 aliphatic rings. The first-order chi connectivity index (χ1) is 6.09. The molecule has 2 unspecified atom stereocenters. The Morgan fingerprint density at radius 1 is 1.62 bits per heavy atom. The molecule has 13 heavy (non-hydrogen) atoms. The third kappa shape index (κ3) is 3.32. The predicted octanol–water partition coefficient (Wildman–Crippen LogP) is 0.422. The lowest BCUT2D eigenvalue weighted by Crippen LogP contribution is -2.48.